The molecule has 0 saturated heterocycles. The Hall–Kier alpha value is -0.230. The quantitative estimate of drug-likeness (QED) is 0.380. The standard InChI is InChI=1S/C3H8O8P2/c4-3(5)2(13(9,10)11)1-12(6,7)8/h2H,1H2,(H,4,5)(H2,6,7,8)(H2,9,10,11)/t2-/m0/s1. The number of carbonyl (C=O) groups is 1. The van der Waals surface area contributed by atoms with E-state index in [4.69, 9.17) is 24.7 Å². The van der Waals surface area contributed by atoms with E-state index in [1.807, 2.05) is 0 Å². The van der Waals surface area contributed by atoms with Crippen molar-refractivity contribution < 1.29 is 38.6 Å². The van der Waals surface area contributed by atoms with Gasteiger partial charge in [0, 0.05) is 0 Å². The topological polar surface area (TPSA) is 152 Å². The highest BCUT2D eigenvalue weighted by molar-refractivity contribution is 7.57. The molecule has 0 bridgehead atoms. The Balaban J connectivity index is 4.77. The van der Waals surface area contributed by atoms with Crippen molar-refractivity contribution in [2.45, 2.75) is 5.66 Å². The molecule has 0 aromatic carbocycles. The Morgan fingerprint density at radius 2 is 1.54 bits per heavy atom. The fraction of sp³-hybridized carbons (Fsp3) is 0.667. The van der Waals surface area contributed by atoms with E-state index in [9.17, 15) is 13.9 Å². The van der Waals surface area contributed by atoms with Crippen molar-refractivity contribution in [3.05, 3.63) is 0 Å². The lowest BCUT2D eigenvalue weighted by Gasteiger charge is -2.14. The van der Waals surface area contributed by atoms with Crippen LogP contribution in [0.2, 0.25) is 0 Å². The molecule has 0 amide bonds. The smallest absolute Gasteiger partial charge is 0.340 e. The molecule has 0 aromatic heterocycles. The maximum absolute atomic E-state index is 10.4. The van der Waals surface area contributed by atoms with Crippen molar-refractivity contribution >= 4 is 21.2 Å². The van der Waals surface area contributed by atoms with E-state index in [0.717, 1.165) is 0 Å². The summed E-state index contributed by atoms with van der Waals surface area (Å²) in [5.41, 5.74) is -2.35. The molecule has 10 heteroatoms. The Morgan fingerprint density at radius 3 is 1.62 bits per heavy atom. The number of hydrogen-bond donors (Lipinski definition) is 5. The lowest BCUT2D eigenvalue weighted by Crippen LogP contribution is -2.24. The molecule has 5 N–H and O–H groups in total. The van der Waals surface area contributed by atoms with Gasteiger partial charge in [-0.3, -0.25) is 13.9 Å². The van der Waals surface area contributed by atoms with E-state index in [0.29, 0.717) is 0 Å². The van der Waals surface area contributed by atoms with Gasteiger partial charge in [0.1, 0.15) is 0 Å². The zero-order chi connectivity index (χ0) is 10.9. The minimum Gasteiger partial charge on any atom is -0.481 e. The summed E-state index contributed by atoms with van der Waals surface area (Å²) in [5.74, 6) is -1.93. The zero-order valence-electron chi connectivity index (χ0n) is 6.14. The van der Waals surface area contributed by atoms with Crippen molar-refractivity contribution in [3.8, 4) is 0 Å². The van der Waals surface area contributed by atoms with Crippen molar-refractivity contribution in [1.82, 2.24) is 0 Å². The predicted molar refractivity (Wildman–Crippen MR) is 40.4 cm³/mol. The first-order valence-corrected chi connectivity index (χ1v) is 6.34. The molecule has 0 aliphatic carbocycles. The minimum atomic E-state index is -5.02. The van der Waals surface area contributed by atoms with Gasteiger partial charge in [0.25, 0.3) is 0 Å². The van der Waals surface area contributed by atoms with Crippen LogP contribution in [0, 0.1) is 0 Å². The fourth-order valence-electron chi connectivity index (χ4n) is 0.554. The summed E-state index contributed by atoms with van der Waals surface area (Å²) in [4.78, 5) is 43.6. The average molecular weight is 234 g/mol. The van der Waals surface area contributed by atoms with Crippen LogP contribution in [0.5, 0.6) is 0 Å². The highest BCUT2D eigenvalue weighted by Crippen LogP contribution is 2.48. The zero-order valence-corrected chi connectivity index (χ0v) is 7.93. The molecule has 0 aliphatic rings. The number of carboxylic acid groups (broad SMARTS) is 1. The Morgan fingerprint density at radius 1 is 1.15 bits per heavy atom. The van der Waals surface area contributed by atoms with Crippen LogP contribution in [0.1, 0.15) is 0 Å². The molecule has 1 atom stereocenters. The van der Waals surface area contributed by atoms with Crippen LogP contribution in [-0.2, 0) is 13.9 Å². The van der Waals surface area contributed by atoms with Crippen molar-refractivity contribution in [1.29, 1.82) is 0 Å². The monoisotopic (exact) mass is 234 g/mol. The van der Waals surface area contributed by atoms with Crippen LogP contribution in [0.3, 0.4) is 0 Å². The lowest BCUT2D eigenvalue weighted by molar-refractivity contribution is -0.136. The average Bonchev–Trinajstić information content (AvgIpc) is 1.77. The number of carboxylic acids is 1. The molecule has 0 fully saturated rings. The largest absolute Gasteiger partial charge is 0.481 e. The van der Waals surface area contributed by atoms with Crippen LogP contribution in [-0.4, -0.2) is 42.5 Å². The molecule has 0 radical (unpaired) electrons. The van der Waals surface area contributed by atoms with Gasteiger partial charge in [-0.25, -0.2) is 0 Å². The number of aliphatic carboxylic acids is 1. The van der Waals surface area contributed by atoms with Crippen LogP contribution >= 0.6 is 15.2 Å². The van der Waals surface area contributed by atoms with Gasteiger partial charge in [-0.05, 0) is 0 Å². The molecule has 0 spiro atoms. The van der Waals surface area contributed by atoms with Gasteiger partial charge in [-0.15, -0.1) is 0 Å². The van der Waals surface area contributed by atoms with Gasteiger partial charge in [0.15, 0.2) is 5.66 Å². The van der Waals surface area contributed by atoms with Gasteiger partial charge in [0.2, 0.25) is 0 Å². The van der Waals surface area contributed by atoms with Crippen LogP contribution in [0.15, 0.2) is 0 Å². The van der Waals surface area contributed by atoms with Gasteiger partial charge in [-0.2, -0.15) is 0 Å². The van der Waals surface area contributed by atoms with Crippen molar-refractivity contribution in [2.24, 2.45) is 0 Å². The molecule has 78 valence electrons. The summed E-state index contributed by atoms with van der Waals surface area (Å²) in [6.45, 7) is 0. The molecule has 0 heterocycles. The summed E-state index contributed by atoms with van der Waals surface area (Å²) in [5, 5.41) is 8.24. The van der Waals surface area contributed by atoms with Crippen LogP contribution < -0.4 is 0 Å². The second-order valence-electron chi connectivity index (χ2n) is 2.29. The van der Waals surface area contributed by atoms with Crippen LogP contribution in [0.4, 0.5) is 0 Å². The highest BCUT2D eigenvalue weighted by Gasteiger charge is 2.40. The maximum atomic E-state index is 10.4. The van der Waals surface area contributed by atoms with E-state index in [1.54, 1.807) is 0 Å². The molecule has 0 saturated carbocycles. The molecular weight excluding hydrogens is 226 g/mol. The first kappa shape index (κ1) is 12.8. The van der Waals surface area contributed by atoms with Crippen molar-refractivity contribution in [2.75, 3.05) is 6.16 Å². The fourth-order valence-corrected chi connectivity index (χ4v) is 2.94. The Bertz CT molecular complexity index is 284. The molecule has 13 heavy (non-hydrogen) atoms. The lowest BCUT2D eigenvalue weighted by atomic mass is 10.5. The molecular formula is C3H8O8P2. The second kappa shape index (κ2) is 3.88. The third-order valence-electron chi connectivity index (χ3n) is 1.10. The highest BCUT2D eigenvalue weighted by atomic mass is 31.2. The molecule has 0 aliphatic heterocycles. The SMILES string of the molecule is O=C(O)[C@H](CP(=O)(O)O)P(=O)(O)O. The van der Waals surface area contributed by atoms with E-state index < -0.39 is 33.0 Å². The summed E-state index contributed by atoms with van der Waals surface area (Å²) in [6.07, 6.45) is -1.37. The van der Waals surface area contributed by atoms with Crippen LogP contribution in [0.25, 0.3) is 0 Å². The van der Waals surface area contributed by atoms with Gasteiger partial charge >= 0.3 is 21.2 Å². The summed E-state index contributed by atoms with van der Waals surface area (Å²) < 4.78 is 20.7. The first-order valence-electron chi connectivity index (χ1n) is 2.86. The van der Waals surface area contributed by atoms with Crippen molar-refractivity contribution in [3.63, 3.8) is 0 Å². The van der Waals surface area contributed by atoms with E-state index in [2.05, 4.69) is 0 Å². The number of hydrogen-bond acceptors (Lipinski definition) is 3. The molecule has 0 rings (SSSR count). The summed E-state index contributed by atoms with van der Waals surface area (Å²) >= 11 is 0. The summed E-state index contributed by atoms with van der Waals surface area (Å²) in [7, 11) is -9.77. The predicted octanol–water partition coefficient (Wildman–Crippen LogP) is -1.21. The third-order valence-corrected chi connectivity index (χ3v) is 3.45. The molecule has 8 nitrogen and oxygen atoms in total. The molecule has 0 aromatic rings. The van der Waals surface area contributed by atoms with E-state index >= 15 is 0 Å². The van der Waals surface area contributed by atoms with E-state index in [-0.39, 0.29) is 0 Å². The Labute approximate surface area is 72.5 Å². The second-order valence-corrected chi connectivity index (χ2v) is 5.79. The van der Waals surface area contributed by atoms with Gasteiger partial charge < -0.3 is 24.7 Å². The minimum absolute atomic E-state index is 1.37. The van der Waals surface area contributed by atoms with E-state index in [1.165, 1.54) is 0 Å². The summed E-state index contributed by atoms with van der Waals surface area (Å²) in [6, 6.07) is 0. The van der Waals surface area contributed by atoms with Gasteiger partial charge in [-0.1, -0.05) is 0 Å². The maximum Gasteiger partial charge on any atom is 0.340 e. The first-order chi connectivity index (χ1) is 5.54. The Kier molecular flexibility index (Phi) is 3.81. The third kappa shape index (κ3) is 5.15. The normalized spacial score (nSPS) is 15.4. The van der Waals surface area contributed by atoms with Gasteiger partial charge in [0.05, 0.1) is 6.16 Å². The molecule has 0 unspecified atom stereocenters. The number of rotatable bonds is 4.